The summed E-state index contributed by atoms with van der Waals surface area (Å²) in [6.45, 7) is 2.20. The Hall–Kier alpha value is -3.90. The number of nitrogen functional groups attached to an aromatic ring is 1. The van der Waals surface area contributed by atoms with Gasteiger partial charge in [-0.3, -0.25) is 19.3 Å². The van der Waals surface area contributed by atoms with E-state index in [0.717, 1.165) is 0 Å². The highest BCUT2D eigenvalue weighted by molar-refractivity contribution is 7.09. The van der Waals surface area contributed by atoms with Crippen molar-refractivity contribution in [2.45, 2.75) is 13.0 Å². The zero-order valence-electron chi connectivity index (χ0n) is 18.9. The van der Waals surface area contributed by atoms with Crippen LogP contribution < -0.4 is 26.4 Å². The zero-order valence-corrected chi connectivity index (χ0v) is 19.7. The summed E-state index contributed by atoms with van der Waals surface area (Å²) in [5.74, 6) is -0.814. The first-order valence-corrected chi connectivity index (χ1v) is 10.9. The van der Waals surface area contributed by atoms with Crippen molar-refractivity contribution in [3.63, 3.8) is 0 Å². The Morgan fingerprint density at radius 2 is 2.00 bits per heavy atom. The van der Waals surface area contributed by atoms with E-state index in [1.807, 2.05) is 0 Å². The summed E-state index contributed by atoms with van der Waals surface area (Å²) in [4.78, 5) is 40.0. The van der Waals surface area contributed by atoms with E-state index in [-0.39, 0.29) is 35.2 Å². The van der Waals surface area contributed by atoms with E-state index in [9.17, 15) is 14.4 Å². The molecule has 0 radical (unpaired) electrons. The van der Waals surface area contributed by atoms with Crippen molar-refractivity contribution in [2.75, 3.05) is 38.0 Å². The standard InChI is InChI=1S/C22H25N5O6S/c1-12-7-8-15(33-12)18(21(29)25-9-10-31-2)27(13-5-4-6-14(11-13)32-3)22(30)19-16(23)17(20(24)28)26-34-19/h4-8,11,18H,9-10,23H2,1-3H3,(H2,24,28)(H,25,29)/t18-/m1/s1. The van der Waals surface area contributed by atoms with Crippen LogP contribution in [0.4, 0.5) is 11.4 Å². The minimum absolute atomic E-state index is 0.0467. The van der Waals surface area contributed by atoms with Crippen molar-refractivity contribution in [1.29, 1.82) is 0 Å². The normalized spacial score (nSPS) is 11.6. The number of primary amides is 1. The van der Waals surface area contributed by atoms with Crippen molar-refractivity contribution >= 4 is 40.6 Å². The van der Waals surface area contributed by atoms with E-state index >= 15 is 0 Å². The van der Waals surface area contributed by atoms with Crippen LogP contribution in [0.3, 0.4) is 0 Å². The van der Waals surface area contributed by atoms with Crippen molar-refractivity contribution < 1.29 is 28.3 Å². The number of rotatable bonds is 10. The predicted octanol–water partition coefficient (Wildman–Crippen LogP) is 1.88. The number of nitrogens with zero attached hydrogens (tertiary/aromatic N) is 2. The minimum atomic E-state index is -1.22. The van der Waals surface area contributed by atoms with Crippen LogP contribution in [0.5, 0.6) is 5.75 Å². The first-order valence-electron chi connectivity index (χ1n) is 10.1. The summed E-state index contributed by atoms with van der Waals surface area (Å²) in [6.07, 6.45) is 0. The molecule has 3 rings (SSSR count). The molecule has 0 aliphatic heterocycles. The van der Waals surface area contributed by atoms with Gasteiger partial charge in [0.2, 0.25) is 0 Å². The average molecular weight is 488 g/mol. The Labute approximate surface area is 199 Å². The SMILES string of the molecule is COCCNC(=O)[C@@H](c1ccc(C)o1)N(C(=O)c1snc(C(N)=O)c1N)c1cccc(OC)c1. The van der Waals surface area contributed by atoms with Gasteiger partial charge in [0.25, 0.3) is 17.7 Å². The molecule has 0 aliphatic carbocycles. The third-order valence-corrected chi connectivity index (χ3v) is 5.70. The molecule has 34 heavy (non-hydrogen) atoms. The highest BCUT2D eigenvalue weighted by atomic mass is 32.1. The summed E-state index contributed by atoms with van der Waals surface area (Å²) in [6, 6.07) is 8.68. The highest BCUT2D eigenvalue weighted by Gasteiger charge is 2.37. The first kappa shape index (κ1) is 24.7. The third-order valence-electron chi connectivity index (χ3n) is 4.85. The van der Waals surface area contributed by atoms with E-state index in [4.69, 9.17) is 25.4 Å². The number of furan rings is 1. The fourth-order valence-electron chi connectivity index (χ4n) is 3.23. The van der Waals surface area contributed by atoms with Gasteiger partial charge in [-0.05, 0) is 42.7 Å². The van der Waals surface area contributed by atoms with Crippen LogP contribution >= 0.6 is 11.5 Å². The lowest BCUT2D eigenvalue weighted by Gasteiger charge is -2.30. The molecule has 1 aromatic carbocycles. The minimum Gasteiger partial charge on any atom is -0.497 e. The number of benzene rings is 1. The number of carbonyl (C=O) groups excluding carboxylic acids is 3. The smallest absolute Gasteiger partial charge is 0.273 e. The molecule has 2 heterocycles. The largest absolute Gasteiger partial charge is 0.497 e. The predicted molar refractivity (Wildman–Crippen MR) is 126 cm³/mol. The van der Waals surface area contributed by atoms with Gasteiger partial charge in [0.1, 0.15) is 22.1 Å². The van der Waals surface area contributed by atoms with Gasteiger partial charge in [-0.25, -0.2) is 0 Å². The topological polar surface area (TPSA) is 163 Å². The number of ether oxygens (including phenoxy) is 2. The molecule has 3 amide bonds. The van der Waals surface area contributed by atoms with Crippen molar-refractivity contribution in [3.8, 4) is 5.75 Å². The van der Waals surface area contributed by atoms with Gasteiger partial charge in [0, 0.05) is 25.4 Å². The van der Waals surface area contributed by atoms with Crippen LogP contribution in [-0.2, 0) is 9.53 Å². The third kappa shape index (κ3) is 5.18. The fraction of sp³-hybridized carbons (Fsp3) is 0.273. The maximum absolute atomic E-state index is 13.8. The molecule has 0 aliphatic rings. The van der Waals surface area contributed by atoms with Crippen LogP contribution in [0, 0.1) is 6.92 Å². The molecule has 0 fully saturated rings. The molecular formula is C22H25N5O6S. The van der Waals surface area contributed by atoms with Gasteiger partial charge in [-0.1, -0.05) is 6.07 Å². The zero-order chi connectivity index (χ0) is 24.8. The molecule has 0 bridgehead atoms. The van der Waals surface area contributed by atoms with Crippen LogP contribution in [0.25, 0.3) is 0 Å². The number of methoxy groups -OCH3 is 2. The lowest BCUT2D eigenvalue weighted by atomic mass is 10.1. The van der Waals surface area contributed by atoms with E-state index in [1.165, 1.54) is 19.1 Å². The number of nitrogens with one attached hydrogen (secondary N) is 1. The molecular weight excluding hydrogens is 462 g/mol. The summed E-state index contributed by atoms with van der Waals surface area (Å²) in [5.41, 5.74) is 11.3. The Kier molecular flexibility index (Phi) is 7.87. The van der Waals surface area contributed by atoms with Gasteiger partial charge < -0.3 is 30.7 Å². The maximum Gasteiger partial charge on any atom is 0.273 e. The molecule has 0 unspecified atom stereocenters. The lowest BCUT2D eigenvalue weighted by molar-refractivity contribution is -0.123. The molecule has 3 aromatic rings. The number of aryl methyl sites for hydroxylation is 1. The number of amides is 3. The van der Waals surface area contributed by atoms with Crippen molar-refractivity contribution in [2.24, 2.45) is 5.73 Å². The number of anilines is 2. The number of nitrogens with two attached hydrogens (primary N) is 2. The van der Waals surface area contributed by atoms with Crippen LogP contribution in [0.2, 0.25) is 0 Å². The second kappa shape index (κ2) is 10.8. The summed E-state index contributed by atoms with van der Waals surface area (Å²) in [7, 11) is 2.99. The monoisotopic (exact) mass is 487 g/mol. The van der Waals surface area contributed by atoms with E-state index in [1.54, 1.807) is 43.3 Å². The summed E-state index contributed by atoms with van der Waals surface area (Å²) < 4.78 is 20.0. The second-order valence-corrected chi connectivity index (χ2v) is 7.92. The van der Waals surface area contributed by atoms with Gasteiger partial charge in [-0.2, -0.15) is 4.37 Å². The Morgan fingerprint density at radius 3 is 2.59 bits per heavy atom. The number of hydrogen-bond acceptors (Lipinski definition) is 9. The molecule has 0 spiro atoms. The Balaban J connectivity index is 2.17. The van der Waals surface area contributed by atoms with Crippen LogP contribution in [-0.4, -0.2) is 49.5 Å². The molecule has 2 aromatic heterocycles. The Morgan fingerprint density at radius 1 is 1.24 bits per heavy atom. The van der Waals surface area contributed by atoms with Gasteiger partial charge >= 0.3 is 0 Å². The Bertz CT molecular complexity index is 1190. The van der Waals surface area contributed by atoms with Crippen LogP contribution in [0.1, 0.15) is 37.7 Å². The number of carbonyl (C=O) groups is 3. The molecule has 0 saturated heterocycles. The van der Waals surface area contributed by atoms with Crippen molar-refractivity contribution in [1.82, 2.24) is 9.69 Å². The molecule has 12 heteroatoms. The van der Waals surface area contributed by atoms with Crippen LogP contribution in [0.15, 0.2) is 40.8 Å². The van der Waals surface area contributed by atoms with E-state index < -0.39 is 23.8 Å². The second-order valence-electron chi connectivity index (χ2n) is 7.15. The molecule has 0 saturated carbocycles. The summed E-state index contributed by atoms with van der Waals surface area (Å²) >= 11 is 0.716. The number of aromatic nitrogens is 1. The fourth-order valence-corrected chi connectivity index (χ4v) is 3.97. The quantitative estimate of drug-likeness (QED) is 0.365. The van der Waals surface area contributed by atoms with E-state index in [2.05, 4.69) is 9.69 Å². The van der Waals surface area contributed by atoms with Gasteiger partial charge in [0.05, 0.1) is 19.4 Å². The summed E-state index contributed by atoms with van der Waals surface area (Å²) in [5, 5.41) is 2.75. The highest BCUT2D eigenvalue weighted by Crippen LogP contribution is 2.35. The molecule has 11 nitrogen and oxygen atoms in total. The lowest BCUT2D eigenvalue weighted by Crippen LogP contribution is -2.44. The molecule has 1 atom stereocenters. The molecule has 5 N–H and O–H groups in total. The van der Waals surface area contributed by atoms with Crippen molar-refractivity contribution in [3.05, 3.63) is 58.5 Å². The first-order chi connectivity index (χ1) is 16.3. The van der Waals surface area contributed by atoms with Gasteiger partial charge in [0.15, 0.2) is 11.7 Å². The average Bonchev–Trinajstić information content (AvgIpc) is 3.42. The maximum atomic E-state index is 13.8. The number of hydrogen-bond donors (Lipinski definition) is 3. The molecule has 180 valence electrons. The van der Waals surface area contributed by atoms with E-state index in [0.29, 0.717) is 28.7 Å². The van der Waals surface area contributed by atoms with Gasteiger partial charge in [-0.15, -0.1) is 0 Å².